The summed E-state index contributed by atoms with van der Waals surface area (Å²) in [7, 11) is 0. The Morgan fingerprint density at radius 1 is 1.50 bits per heavy atom. The van der Waals surface area contributed by atoms with Crippen LogP contribution in [-0.2, 0) is 14.3 Å². The maximum atomic E-state index is 10.6. The highest BCUT2D eigenvalue weighted by molar-refractivity contribution is 5.68. The highest BCUT2D eigenvalue weighted by Crippen LogP contribution is 1.80. The highest BCUT2D eigenvalue weighted by Gasteiger charge is 1.99. The molecule has 0 atom stereocenters. The van der Waals surface area contributed by atoms with E-state index in [9.17, 15) is 9.59 Å². The molecular formula is C7H11NO4. The third-order valence-electron chi connectivity index (χ3n) is 0.843. The smallest absolute Gasteiger partial charge is 0.410 e. The van der Waals surface area contributed by atoms with Crippen molar-refractivity contribution in [1.29, 1.82) is 0 Å². The first-order valence-electron chi connectivity index (χ1n) is 3.31. The maximum absolute atomic E-state index is 10.6. The van der Waals surface area contributed by atoms with Crippen molar-refractivity contribution in [1.82, 2.24) is 5.32 Å². The maximum Gasteiger partial charge on any atom is 0.410 e. The van der Waals surface area contributed by atoms with Gasteiger partial charge in [-0.3, -0.25) is 4.79 Å². The van der Waals surface area contributed by atoms with Gasteiger partial charge >= 0.3 is 12.1 Å². The van der Waals surface area contributed by atoms with Gasteiger partial charge in [0.15, 0.2) is 0 Å². The number of nitrogens with one attached hydrogen (secondary N) is 1. The molecule has 0 rings (SSSR count). The number of alkyl carbamates (subject to hydrolysis) is 1. The van der Waals surface area contributed by atoms with Crippen LogP contribution in [0.3, 0.4) is 0 Å². The van der Waals surface area contributed by atoms with Crippen LogP contribution in [0.2, 0.25) is 0 Å². The van der Waals surface area contributed by atoms with Crippen molar-refractivity contribution in [2.45, 2.75) is 6.92 Å². The highest BCUT2D eigenvalue weighted by atomic mass is 16.7. The van der Waals surface area contributed by atoms with Crippen LogP contribution in [0.25, 0.3) is 0 Å². The van der Waals surface area contributed by atoms with Crippen molar-refractivity contribution < 1.29 is 19.1 Å². The van der Waals surface area contributed by atoms with Crippen molar-refractivity contribution in [2.75, 3.05) is 13.3 Å². The van der Waals surface area contributed by atoms with Crippen LogP contribution >= 0.6 is 0 Å². The number of hydrogen-bond donors (Lipinski definition) is 1. The summed E-state index contributed by atoms with van der Waals surface area (Å²) in [6.07, 6.45) is 0.865. The predicted octanol–water partition coefficient (Wildman–Crippen LogP) is 0.419. The molecule has 68 valence electrons. The lowest BCUT2D eigenvalue weighted by Gasteiger charge is -2.03. The van der Waals surface area contributed by atoms with E-state index in [0.717, 1.165) is 0 Å². The van der Waals surface area contributed by atoms with E-state index in [-0.39, 0.29) is 6.79 Å². The van der Waals surface area contributed by atoms with Gasteiger partial charge in [-0.25, -0.2) is 4.79 Å². The van der Waals surface area contributed by atoms with Gasteiger partial charge in [0.1, 0.15) is 0 Å². The second kappa shape index (κ2) is 6.21. The molecule has 0 aliphatic carbocycles. The molecule has 0 aliphatic heterocycles. The molecule has 0 fully saturated rings. The van der Waals surface area contributed by atoms with Gasteiger partial charge in [0.2, 0.25) is 6.79 Å². The first-order valence-corrected chi connectivity index (χ1v) is 3.31. The lowest BCUT2D eigenvalue weighted by Crippen LogP contribution is -2.25. The summed E-state index contributed by atoms with van der Waals surface area (Å²) >= 11 is 0. The minimum atomic E-state index is -0.642. The molecule has 0 aromatic heterocycles. The van der Waals surface area contributed by atoms with Gasteiger partial charge in [-0.05, 0) is 0 Å². The van der Waals surface area contributed by atoms with E-state index in [1.54, 1.807) is 0 Å². The summed E-state index contributed by atoms with van der Waals surface area (Å²) in [5.74, 6) is -0.494. The summed E-state index contributed by atoms with van der Waals surface area (Å²) in [4.78, 5) is 20.8. The number of hydrogen-bond acceptors (Lipinski definition) is 4. The minimum Gasteiger partial charge on any atom is -0.428 e. The van der Waals surface area contributed by atoms with Crippen LogP contribution < -0.4 is 5.32 Å². The Bertz CT molecular complexity index is 178. The Labute approximate surface area is 70.3 Å². The zero-order chi connectivity index (χ0) is 9.40. The van der Waals surface area contributed by atoms with Gasteiger partial charge in [0, 0.05) is 13.5 Å². The third kappa shape index (κ3) is 6.60. The van der Waals surface area contributed by atoms with Crippen LogP contribution in [0.4, 0.5) is 4.79 Å². The fourth-order valence-corrected chi connectivity index (χ4v) is 0.372. The molecule has 0 aromatic carbocycles. The van der Waals surface area contributed by atoms with Gasteiger partial charge in [-0.2, -0.15) is 0 Å². The van der Waals surface area contributed by atoms with Gasteiger partial charge in [0.25, 0.3) is 0 Å². The number of amides is 1. The number of esters is 1. The first-order chi connectivity index (χ1) is 5.66. The Morgan fingerprint density at radius 2 is 2.17 bits per heavy atom. The van der Waals surface area contributed by atoms with Crippen molar-refractivity contribution in [3.8, 4) is 0 Å². The number of carbonyl (C=O) groups excluding carboxylic acids is 2. The van der Waals surface area contributed by atoms with Gasteiger partial charge in [-0.15, -0.1) is 6.58 Å². The summed E-state index contributed by atoms with van der Waals surface area (Å²) in [5.41, 5.74) is 0. The molecule has 0 aromatic rings. The molecule has 0 heterocycles. The SMILES string of the molecule is C=CCNC(=O)OCOC(C)=O. The van der Waals surface area contributed by atoms with Gasteiger partial charge < -0.3 is 14.8 Å². The molecule has 5 heteroatoms. The molecule has 0 bridgehead atoms. The van der Waals surface area contributed by atoms with Crippen LogP contribution in [0, 0.1) is 0 Å². The Morgan fingerprint density at radius 3 is 2.67 bits per heavy atom. The second-order valence-corrected chi connectivity index (χ2v) is 1.86. The predicted molar refractivity (Wildman–Crippen MR) is 41.3 cm³/mol. The monoisotopic (exact) mass is 173 g/mol. The topological polar surface area (TPSA) is 64.6 Å². The van der Waals surface area contributed by atoms with E-state index in [1.165, 1.54) is 13.0 Å². The number of ether oxygens (including phenoxy) is 2. The van der Waals surface area contributed by atoms with Crippen LogP contribution in [0.5, 0.6) is 0 Å². The first kappa shape index (κ1) is 10.5. The van der Waals surface area contributed by atoms with E-state index < -0.39 is 12.1 Å². The minimum absolute atomic E-state index is 0.318. The average Bonchev–Trinajstić information content (AvgIpc) is 2.00. The quantitative estimate of drug-likeness (QED) is 0.380. The fourth-order valence-electron chi connectivity index (χ4n) is 0.372. The zero-order valence-corrected chi connectivity index (χ0v) is 6.83. The standard InChI is InChI=1S/C7H11NO4/c1-3-4-8-7(10)12-5-11-6(2)9/h3H,1,4-5H2,2H3,(H,8,10). The number of carbonyl (C=O) groups is 2. The van der Waals surface area contributed by atoms with Crippen molar-refractivity contribution in [3.05, 3.63) is 12.7 Å². The zero-order valence-electron chi connectivity index (χ0n) is 6.83. The van der Waals surface area contributed by atoms with E-state index in [2.05, 4.69) is 21.4 Å². The molecule has 0 radical (unpaired) electrons. The molecule has 12 heavy (non-hydrogen) atoms. The Balaban J connectivity index is 3.31. The lowest BCUT2D eigenvalue weighted by atomic mass is 10.6. The Kier molecular flexibility index (Phi) is 5.42. The molecular weight excluding hydrogens is 162 g/mol. The molecule has 0 aliphatic rings. The van der Waals surface area contributed by atoms with E-state index >= 15 is 0 Å². The fraction of sp³-hybridized carbons (Fsp3) is 0.429. The van der Waals surface area contributed by atoms with Crippen molar-refractivity contribution >= 4 is 12.1 Å². The number of rotatable bonds is 4. The van der Waals surface area contributed by atoms with Crippen LogP contribution in [0.1, 0.15) is 6.92 Å². The van der Waals surface area contributed by atoms with E-state index in [1.807, 2.05) is 0 Å². The average molecular weight is 173 g/mol. The second-order valence-electron chi connectivity index (χ2n) is 1.86. The molecule has 5 nitrogen and oxygen atoms in total. The molecule has 0 unspecified atom stereocenters. The van der Waals surface area contributed by atoms with Crippen LogP contribution in [-0.4, -0.2) is 25.4 Å². The molecule has 0 saturated carbocycles. The van der Waals surface area contributed by atoms with Crippen LogP contribution in [0.15, 0.2) is 12.7 Å². The third-order valence-corrected chi connectivity index (χ3v) is 0.843. The van der Waals surface area contributed by atoms with E-state index in [4.69, 9.17) is 0 Å². The molecule has 0 saturated heterocycles. The largest absolute Gasteiger partial charge is 0.428 e. The van der Waals surface area contributed by atoms with Gasteiger partial charge in [-0.1, -0.05) is 6.08 Å². The van der Waals surface area contributed by atoms with Crippen molar-refractivity contribution in [2.24, 2.45) is 0 Å². The summed E-state index contributed by atoms with van der Waals surface area (Å²) < 4.78 is 8.76. The Hall–Kier alpha value is -1.52. The summed E-state index contributed by atoms with van der Waals surface area (Å²) in [6.45, 7) is 4.57. The molecule has 1 amide bonds. The lowest BCUT2D eigenvalue weighted by molar-refractivity contribution is -0.149. The molecule has 1 N–H and O–H groups in total. The van der Waals surface area contributed by atoms with Crippen molar-refractivity contribution in [3.63, 3.8) is 0 Å². The van der Waals surface area contributed by atoms with E-state index in [0.29, 0.717) is 6.54 Å². The summed E-state index contributed by atoms with van der Waals surface area (Å²) in [5, 5.41) is 2.34. The van der Waals surface area contributed by atoms with Gasteiger partial charge in [0.05, 0.1) is 0 Å². The normalized spacial score (nSPS) is 8.42. The summed E-state index contributed by atoms with van der Waals surface area (Å²) in [6, 6.07) is 0. The molecule has 0 spiro atoms.